The van der Waals surface area contributed by atoms with E-state index in [1.807, 2.05) is 0 Å². The molecular formula is C19H18ClN3O4S. The Bertz CT molecular complexity index is 947. The first-order valence-electron chi connectivity index (χ1n) is 8.31. The summed E-state index contributed by atoms with van der Waals surface area (Å²) in [6.07, 6.45) is 0. The number of aromatic nitrogens is 3. The van der Waals surface area contributed by atoms with E-state index in [-0.39, 0.29) is 5.97 Å². The van der Waals surface area contributed by atoms with Gasteiger partial charge in [0.15, 0.2) is 5.82 Å². The molecule has 0 fully saturated rings. The number of esters is 1. The van der Waals surface area contributed by atoms with Crippen LogP contribution >= 0.6 is 23.4 Å². The topological polar surface area (TPSA) is 86.3 Å². The van der Waals surface area contributed by atoms with E-state index in [0.29, 0.717) is 45.4 Å². The van der Waals surface area contributed by atoms with Crippen molar-refractivity contribution < 1.29 is 19.0 Å². The van der Waals surface area contributed by atoms with Gasteiger partial charge in [0, 0.05) is 10.8 Å². The number of ether oxygens (including phenoxy) is 3. The molecule has 9 heteroatoms. The Morgan fingerprint density at radius 1 is 1.18 bits per heavy atom. The number of aromatic amines is 1. The Morgan fingerprint density at radius 2 is 1.96 bits per heavy atom. The van der Waals surface area contributed by atoms with Crippen LogP contribution in [-0.4, -0.2) is 47.7 Å². The van der Waals surface area contributed by atoms with E-state index in [4.69, 9.17) is 21.1 Å². The first-order chi connectivity index (χ1) is 13.6. The van der Waals surface area contributed by atoms with E-state index >= 15 is 0 Å². The molecular weight excluding hydrogens is 402 g/mol. The number of rotatable bonds is 8. The predicted octanol–water partition coefficient (Wildman–Crippen LogP) is 4.09. The fourth-order valence-electron chi connectivity index (χ4n) is 2.39. The van der Waals surface area contributed by atoms with Crippen LogP contribution in [0, 0.1) is 0 Å². The van der Waals surface area contributed by atoms with Crippen LogP contribution in [0.3, 0.4) is 0 Å². The van der Waals surface area contributed by atoms with Gasteiger partial charge >= 0.3 is 5.97 Å². The Morgan fingerprint density at radius 3 is 2.68 bits per heavy atom. The Labute approximate surface area is 171 Å². The number of thioether (sulfide) groups is 1. The number of H-pyrrole nitrogens is 1. The van der Waals surface area contributed by atoms with Gasteiger partial charge in [0.2, 0.25) is 5.16 Å². The maximum atomic E-state index is 11.4. The summed E-state index contributed by atoms with van der Waals surface area (Å²) in [4.78, 5) is 15.9. The molecule has 28 heavy (non-hydrogen) atoms. The summed E-state index contributed by atoms with van der Waals surface area (Å²) < 4.78 is 15.7. The van der Waals surface area contributed by atoms with Crippen LogP contribution in [-0.2, 0) is 4.74 Å². The first kappa shape index (κ1) is 20.0. The molecule has 0 amide bonds. The summed E-state index contributed by atoms with van der Waals surface area (Å²) >= 11 is 7.52. The molecule has 0 aliphatic heterocycles. The molecule has 0 saturated carbocycles. The molecule has 146 valence electrons. The van der Waals surface area contributed by atoms with Gasteiger partial charge in [-0.1, -0.05) is 23.4 Å². The highest BCUT2D eigenvalue weighted by atomic mass is 35.5. The summed E-state index contributed by atoms with van der Waals surface area (Å²) in [6, 6.07) is 12.1. The number of nitrogens with zero attached hydrogens (tertiary/aromatic N) is 2. The van der Waals surface area contributed by atoms with Gasteiger partial charge in [-0.15, -0.1) is 5.10 Å². The van der Waals surface area contributed by atoms with Crippen molar-refractivity contribution >= 4 is 29.3 Å². The van der Waals surface area contributed by atoms with Crippen molar-refractivity contribution in [1.82, 2.24) is 15.2 Å². The number of benzene rings is 2. The van der Waals surface area contributed by atoms with Crippen molar-refractivity contribution in [3.63, 3.8) is 0 Å². The molecule has 0 radical (unpaired) electrons. The number of halogens is 1. The lowest BCUT2D eigenvalue weighted by molar-refractivity contribution is 0.0600. The van der Waals surface area contributed by atoms with Gasteiger partial charge in [-0.3, -0.25) is 5.10 Å². The molecule has 0 saturated heterocycles. The van der Waals surface area contributed by atoms with Crippen molar-refractivity contribution in [2.75, 3.05) is 26.6 Å². The Balaban J connectivity index is 1.53. The fraction of sp³-hybridized carbons (Fsp3) is 0.211. The number of carbonyl (C=O) groups excluding carboxylic acids is 1. The van der Waals surface area contributed by atoms with Crippen LogP contribution in [0.5, 0.6) is 11.5 Å². The third-order valence-corrected chi connectivity index (χ3v) is 4.79. The highest BCUT2D eigenvalue weighted by Gasteiger charge is 2.12. The molecule has 3 rings (SSSR count). The number of methoxy groups -OCH3 is 2. The highest BCUT2D eigenvalue weighted by molar-refractivity contribution is 7.99. The molecule has 0 bridgehead atoms. The molecule has 1 heterocycles. The lowest BCUT2D eigenvalue weighted by atomic mass is 10.2. The fourth-order valence-corrected chi connectivity index (χ4v) is 3.18. The van der Waals surface area contributed by atoms with Crippen molar-refractivity contribution in [1.29, 1.82) is 0 Å². The molecule has 0 aliphatic rings. The Hall–Kier alpha value is -2.71. The van der Waals surface area contributed by atoms with Gasteiger partial charge in [0.25, 0.3) is 0 Å². The van der Waals surface area contributed by atoms with Crippen LogP contribution in [0.25, 0.3) is 11.4 Å². The molecule has 3 aromatic rings. The minimum Gasteiger partial charge on any atom is -0.496 e. The second-order valence-corrected chi connectivity index (χ2v) is 7.02. The van der Waals surface area contributed by atoms with Crippen LogP contribution in [0.15, 0.2) is 47.6 Å². The van der Waals surface area contributed by atoms with E-state index in [1.54, 1.807) is 49.6 Å². The second kappa shape index (κ2) is 9.48. The van der Waals surface area contributed by atoms with E-state index in [1.165, 1.54) is 18.9 Å². The number of carbonyl (C=O) groups is 1. The molecule has 7 nitrogen and oxygen atoms in total. The lowest BCUT2D eigenvalue weighted by Gasteiger charge is -2.06. The maximum Gasteiger partial charge on any atom is 0.337 e. The largest absolute Gasteiger partial charge is 0.496 e. The number of nitrogens with one attached hydrogen (secondary N) is 1. The summed E-state index contributed by atoms with van der Waals surface area (Å²) in [5.41, 5.74) is 1.23. The molecule has 0 unspecified atom stereocenters. The van der Waals surface area contributed by atoms with Crippen molar-refractivity contribution in [3.8, 4) is 22.9 Å². The molecule has 0 atom stereocenters. The molecule has 2 aromatic carbocycles. The van der Waals surface area contributed by atoms with Crippen molar-refractivity contribution in [2.45, 2.75) is 5.16 Å². The summed E-state index contributed by atoms with van der Waals surface area (Å²) in [5.74, 6) is 2.20. The quantitative estimate of drug-likeness (QED) is 0.334. The van der Waals surface area contributed by atoms with E-state index < -0.39 is 0 Å². The lowest BCUT2D eigenvalue weighted by Crippen LogP contribution is -2.03. The zero-order valence-corrected chi connectivity index (χ0v) is 16.8. The zero-order chi connectivity index (χ0) is 19.9. The first-order valence-corrected chi connectivity index (χ1v) is 9.67. The van der Waals surface area contributed by atoms with Crippen LogP contribution in [0.2, 0.25) is 5.02 Å². The SMILES string of the molecule is COC(=O)c1ccc(OCCSc2n[nH]c(-c3cc(Cl)ccc3OC)n2)cc1. The molecule has 1 aromatic heterocycles. The third kappa shape index (κ3) is 4.96. The van der Waals surface area contributed by atoms with Gasteiger partial charge in [0.05, 0.1) is 32.0 Å². The maximum absolute atomic E-state index is 11.4. The Kier molecular flexibility index (Phi) is 6.78. The van der Waals surface area contributed by atoms with Crippen LogP contribution < -0.4 is 9.47 Å². The van der Waals surface area contributed by atoms with Crippen LogP contribution in [0.1, 0.15) is 10.4 Å². The van der Waals surface area contributed by atoms with Crippen LogP contribution in [0.4, 0.5) is 0 Å². The van der Waals surface area contributed by atoms with Crippen molar-refractivity contribution in [2.24, 2.45) is 0 Å². The van der Waals surface area contributed by atoms with E-state index in [0.717, 1.165) is 5.56 Å². The molecule has 0 spiro atoms. The van der Waals surface area contributed by atoms with Crippen molar-refractivity contribution in [3.05, 3.63) is 53.1 Å². The zero-order valence-electron chi connectivity index (χ0n) is 15.3. The number of hydrogen-bond donors (Lipinski definition) is 1. The molecule has 0 aliphatic carbocycles. The minimum absolute atomic E-state index is 0.376. The minimum atomic E-state index is -0.376. The standard InChI is InChI=1S/C19H18ClN3O4S/c1-25-16-8-5-13(20)11-15(16)17-21-19(23-22-17)28-10-9-27-14-6-3-12(4-7-14)18(24)26-2/h3-8,11H,9-10H2,1-2H3,(H,21,22,23). The van der Waals surface area contributed by atoms with E-state index in [9.17, 15) is 4.79 Å². The average molecular weight is 420 g/mol. The second-order valence-electron chi connectivity index (χ2n) is 5.52. The monoisotopic (exact) mass is 419 g/mol. The van der Waals surface area contributed by atoms with Gasteiger partial charge < -0.3 is 14.2 Å². The average Bonchev–Trinajstić information content (AvgIpc) is 3.20. The third-order valence-electron chi connectivity index (χ3n) is 3.74. The normalized spacial score (nSPS) is 10.5. The predicted molar refractivity (Wildman–Crippen MR) is 107 cm³/mol. The highest BCUT2D eigenvalue weighted by Crippen LogP contribution is 2.31. The summed E-state index contributed by atoms with van der Waals surface area (Å²) in [7, 11) is 2.94. The molecule has 1 N–H and O–H groups in total. The van der Waals surface area contributed by atoms with Gasteiger partial charge in [-0.2, -0.15) is 0 Å². The summed E-state index contributed by atoms with van der Waals surface area (Å²) in [6.45, 7) is 0.465. The van der Waals surface area contributed by atoms with Gasteiger partial charge in [0.1, 0.15) is 11.5 Å². The van der Waals surface area contributed by atoms with Gasteiger partial charge in [-0.05, 0) is 42.5 Å². The summed E-state index contributed by atoms with van der Waals surface area (Å²) in [5, 5.41) is 8.29. The van der Waals surface area contributed by atoms with E-state index in [2.05, 4.69) is 19.9 Å². The van der Waals surface area contributed by atoms with Gasteiger partial charge in [-0.25, -0.2) is 9.78 Å². The smallest absolute Gasteiger partial charge is 0.337 e. The number of hydrogen-bond acceptors (Lipinski definition) is 7.